The molecule has 0 spiro atoms. The predicted molar refractivity (Wildman–Crippen MR) is 58.9 cm³/mol. The third kappa shape index (κ3) is 1.84. The zero-order valence-electron chi connectivity index (χ0n) is 8.70. The molecule has 2 rings (SSSR count). The number of aromatic hydroxyl groups is 1. The van der Waals surface area contributed by atoms with Gasteiger partial charge < -0.3 is 9.84 Å². The van der Waals surface area contributed by atoms with E-state index in [1.54, 1.807) is 12.1 Å². The topological polar surface area (TPSA) is 29.5 Å². The van der Waals surface area contributed by atoms with Crippen LogP contribution in [0, 0.1) is 11.9 Å². The molecule has 0 heterocycles. The van der Waals surface area contributed by atoms with Gasteiger partial charge in [0.1, 0.15) is 17.3 Å². The maximum atomic E-state index is 13.2. The molecular formula is C13H10FO2. The number of rotatable bonds is 2. The molecule has 2 aromatic rings. The minimum absolute atomic E-state index is 0.0476. The first-order chi connectivity index (χ1) is 7.72. The highest BCUT2D eigenvalue weighted by molar-refractivity contribution is 5.75. The second kappa shape index (κ2) is 4.23. The number of benzene rings is 2. The average Bonchev–Trinajstić information content (AvgIpc) is 2.29. The van der Waals surface area contributed by atoms with Crippen molar-refractivity contribution in [2.75, 3.05) is 7.11 Å². The molecule has 0 aliphatic heterocycles. The number of hydrogen-bond acceptors (Lipinski definition) is 2. The van der Waals surface area contributed by atoms with Crippen molar-refractivity contribution in [1.29, 1.82) is 0 Å². The second-order valence-corrected chi connectivity index (χ2v) is 3.29. The summed E-state index contributed by atoms with van der Waals surface area (Å²) in [5, 5.41) is 9.67. The van der Waals surface area contributed by atoms with Gasteiger partial charge in [-0.05, 0) is 36.4 Å². The van der Waals surface area contributed by atoms with Gasteiger partial charge in [0.25, 0.3) is 0 Å². The Kier molecular flexibility index (Phi) is 2.77. The molecule has 0 fully saturated rings. The van der Waals surface area contributed by atoms with E-state index in [1.165, 1.54) is 31.4 Å². The van der Waals surface area contributed by atoms with E-state index in [2.05, 4.69) is 6.07 Å². The summed E-state index contributed by atoms with van der Waals surface area (Å²) < 4.78 is 18.3. The largest absolute Gasteiger partial charge is 0.507 e. The number of phenols is 1. The lowest BCUT2D eigenvalue weighted by atomic mass is 10.0. The number of phenolic OH excluding ortho intramolecular Hbond substituents is 1. The van der Waals surface area contributed by atoms with Gasteiger partial charge in [0.05, 0.1) is 7.11 Å². The Balaban J connectivity index is 2.63. The first-order valence-electron chi connectivity index (χ1n) is 4.75. The molecule has 0 aliphatic rings. The van der Waals surface area contributed by atoms with Gasteiger partial charge in [-0.25, -0.2) is 4.39 Å². The van der Waals surface area contributed by atoms with Crippen LogP contribution in [0.1, 0.15) is 0 Å². The SMILES string of the molecule is COc1ccc(F)cc1-c1cc[c]cc1O. The highest BCUT2D eigenvalue weighted by Crippen LogP contribution is 2.35. The van der Waals surface area contributed by atoms with Crippen LogP contribution >= 0.6 is 0 Å². The van der Waals surface area contributed by atoms with Crippen LogP contribution in [0.5, 0.6) is 11.5 Å². The van der Waals surface area contributed by atoms with E-state index in [0.717, 1.165) is 0 Å². The van der Waals surface area contributed by atoms with E-state index in [0.29, 0.717) is 16.9 Å². The fourth-order valence-corrected chi connectivity index (χ4v) is 1.54. The molecule has 16 heavy (non-hydrogen) atoms. The monoisotopic (exact) mass is 217 g/mol. The molecule has 2 aromatic carbocycles. The van der Waals surface area contributed by atoms with E-state index in [-0.39, 0.29) is 11.6 Å². The van der Waals surface area contributed by atoms with E-state index < -0.39 is 0 Å². The molecule has 0 bridgehead atoms. The molecule has 0 saturated heterocycles. The van der Waals surface area contributed by atoms with Gasteiger partial charge in [-0.15, -0.1) is 0 Å². The number of ether oxygens (including phenoxy) is 1. The molecule has 0 saturated carbocycles. The molecule has 0 aliphatic carbocycles. The van der Waals surface area contributed by atoms with Crippen molar-refractivity contribution in [3.63, 3.8) is 0 Å². The first-order valence-corrected chi connectivity index (χ1v) is 4.75. The molecule has 1 radical (unpaired) electrons. The van der Waals surface area contributed by atoms with Crippen molar-refractivity contribution in [2.24, 2.45) is 0 Å². The quantitative estimate of drug-likeness (QED) is 0.837. The van der Waals surface area contributed by atoms with Crippen molar-refractivity contribution in [3.05, 3.63) is 48.3 Å². The zero-order valence-corrected chi connectivity index (χ0v) is 8.70. The van der Waals surface area contributed by atoms with E-state index in [4.69, 9.17) is 4.74 Å². The maximum absolute atomic E-state index is 13.2. The molecule has 2 nitrogen and oxygen atoms in total. The lowest BCUT2D eigenvalue weighted by Crippen LogP contribution is -1.89. The smallest absolute Gasteiger partial charge is 0.127 e. The minimum Gasteiger partial charge on any atom is -0.507 e. The van der Waals surface area contributed by atoms with E-state index in [1.807, 2.05) is 0 Å². The fourth-order valence-electron chi connectivity index (χ4n) is 1.54. The highest BCUT2D eigenvalue weighted by atomic mass is 19.1. The number of methoxy groups -OCH3 is 1. The van der Waals surface area contributed by atoms with Crippen molar-refractivity contribution in [1.82, 2.24) is 0 Å². The number of halogens is 1. The fraction of sp³-hybridized carbons (Fsp3) is 0.0769. The summed E-state index contributed by atoms with van der Waals surface area (Å²) in [5.74, 6) is 0.192. The zero-order chi connectivity index (χ0) is 11.5. The molecular weight excluding hydrogens is 207 g/mol. The second-order valence-electron chi connectivity index (χ2n) is 3.29. The van der Waals surface area contributed by atoms with Crippen LogP contribution in [-0.4, -0.2) is 12.2 Å². The normalized spacial score (nSPS) is 10.1. The molecule has 0 aromatic heterocycles. The lowest BCUT2D eigenvalue weighted by molar-refractivity contribution is 0.414. The van der Waals surface area contributed by atoms with Crippen LogP contribution < -0.4 is 4.74 Å². The van der Waals surface area contributed by atoms with E-state index >= 15 is 0 Å². The third-order valence-corrected chi connectivity index (χ3v) is 2.29. The maximum Gasteiger partial charge on any atom is 0.127 e. The van der Waals surface area contributed by atoms with Crippen LogP contribution in [0.4, 0.5) is 4.39 Å². The Morgan fingerprint density at radius 2 is 2.06 bits per heavy atom. The summed E-state index contributed by atoms with van der Waals surface area (Å²) >= 11 is 0. The summed E-state index contributed by atoms with van der Waals surface area (Å²) in [6.45, 7) is 0. The number of hydrogen-bond donors (Lipinski definition) is 1. The minimum atomic E-state index is -0.372. The summed E-state index contributed by atoms with van der Waals surface area (Å²) in [4.78, 5) is 0. The Morgan fingerprint density at radius 1 is 1.25 bits per heavy atom. The van der Waals surface area contributed by atoms with Crippen LogP contribution in [0.2, 0.25) is 0 Å². The van der Waals surface area contributed by atoms with Crippen LogP contribution in [-0.2, 0) is 0 Å². The molecule has 0 unspecified atom stereocenters. The molecule has 3 heteroatoms. The summed E-state index contributed by atoms with van der Waals surface area (Å²) in [5.41, 5.74) is 1.05. The Morgan fingerprint density at radius 3 is 2.75 bits per heavy atom. The highest BCUT2D eigenvalue weighted by Gasteiger charge is 2.10. The van der Waals surface area contributed by atoms with Crippen molar-refractivity contribution < 1.29 is 14.2 Å². The third-order valence-electron chi connectivity index (χ3n) is 2.29. The Hall–Kier alpha value is -2.03. The van der Waals surface area contributed by atoms with Crippen LogP contribution in [0.25, 0.3) is 11.1 Å². The lowest BCUT2D eigenvalue weighted by Gasteiger charge is -2.09. The van der Waals surface area contributed by atoms with Crippen molar-refractivity contribution in [3.8, 4) is 22.6 Å². The van der Waals surface area contributed by atoms with Crippen molar-refractivity contribution in [2.45, 2.75) is 0 Å². The standard InChI is InChI=1S/C13H10FO2/c1-16-13-7-6-9(14)8-11(13)10-4-2-3-5-12(10)15/h2,4-8,15H,1H3. The summed E-state index contributed by atoms with van der Waals surface area (Å²) in [6.07, 6.45) is 0. The van der Waals surface area contributed by atoms with Gasteiger partial charge in [0, 0.05) is 11.1 Å². The molecule has 0 atom stereocenters. The summed E-state index contributed by atoms with van der Waals surface area (Å²) in [6, 6.07) is 11.6. The van der Waals surface area contributed by atoms with Gasteiger partial charge >= 0.3 is 0 Å². The van der Waals surface area contributed by atoms with Crippen molar-refractivity contribution >= 4 is 0 Å². The van der Waals surface area contributed by atoms with Crippen LogP contribution in [0.15, 0.2) is 36.4 Å². The molecule has 1 N–H and O–H groups in total. The van der Waals surface area contributed by atoms with Gasteiger partial charge in [-0.3, -0.25) is 0 Å². The summed E-state index contributed by atoms with van der Waals surface area (Å²) in [7, 11) is 1.50. The molecule has 81 valence electrons. The first kappa shape index (κ1) is 10.5. The van der Waals surface area contributed by atoms with Gasteiger partial charge in [0.2, 0.25) is 0 Å². The predicted octanol–water partition coefficient (Wildman–Crippen LogP) is 3.01. The van der Waals surface area contributed by atoms with Gasteiger partial charge in [-0.2, -0.15) is 0 Å². The Labute approximate surface area is 92.9 Å². The molecule has 0 amide bonds. The Bertz CT molecular complexity index is 509. The average molecular weight is 217 g/mol. The van der Waals surface area contributed by atoms with E-state index in [9.17, 15) is 9.50 Å². The van der Waals surface area contributed by atoms with Gasteiger partial charge in [0.15, 0.2) is 0 Å². The van der Waals surface area contributed by atoms with Crippen LogP contribution in [0.3, 0.4) is 0 Å². The van der Waals surface area contributed by atoms with Gasteiger partial charge in [-0.1, -0.05) is 6.07 Å².